The van der Waals surface area contributed by atoms with Gasteiger partial charge in [-0.15, -0.1) is 0 Å². The molecule has 0 bridgehead atoms. The van der Waals surface area contributed by atoms with Gasteiger partial charge in [-0.1, -0.05) is 275 Å². The van der Waals surface area contributed by atoms with Crippen LogP contribution >= 0.6 is 0 Å². The van der Waals surface area contributed by atoms with Gasteiger partial charge in [-0.05, 0) is 135 Å². The molecule has 0 radical (unpaired) electrons. The Morgan fingerprint density at radius 3 is 0.838 bits per heavy atom. The lowest BCUT2D eigenvalue weighted by molar-refractivity contribution is -0.166. The fraction of sp³-hybridized carbons (Fsp3) is 0.608. The largest absolute Gasteiger partial charge is 0.462 e. The maximum absolute atomic E-state index is 12.9. The molecule has 0 fully saturated rings. The summed E-state index contributed by atoms with van der Waals surface area (Å²) in [6, 6.07) is 0. The molecular formula is C74H118O6. The maximum Gasteiger partial charge on any atom is 0.306 e. The normalized spacial score (nSPS) is 13.2. The first kappa shape index (κ1) is 75.0. The van der Waals surface area contributed by atoms with Gasteiger partial charge in [0, 0.05) is 19.3 Å². The molecule has 0 aromatic heterocycles. The average molecular weight is 1100 g/mol. The summed E-state index contributed by atoms with van der Waals surface area (Å²) in [7, 11) is 0. The molecule has 0 aromatic rings. The van der Waals surface area contributed by atoms with Crippen LogP contribution in [0.4, 0.5) is 0 Å². The van der Waals surface area contributed by atoms with Crippen molar-refractivity contribution >= 4 is 17.9 Å². The Kier molecular flexibility index (Phi) is 62.4. The first-order valence-corrected chi connectivity index (χ1v) is 32.5. The molecule has 450 valence electrons. The zero-order valence-corrected chi connectivity index (χ0v) is 51.5. The highest BCUT2D eigenvalue weighted by atomic mass is 16.6. The molecule has 1 atom stereocenters. The highest BCUT2D eigenvalue weighted by Crippen LogP contribution is 2.15. The molecule has 6 nitrogen and oxygen atoms in total. The number of carbonyl (C=O) groups is 3. The molecule has 0 aliphatic rings. The summed E-state index contributed by atoms with van der Waals surface area (Å²) < 4.78 is 16.8. The van der Waals surface area contributed by atoms with Gasteiger partial charge < -0.3 is 14.2 Å². The van der Waals surface area contributed by atoms with Crippen molar-refractivity contribution < 1.29 is 28.6 Å². The first-order chi connectivity index (χ1) is 39.5. The van der Waals surface area contributed by atoms with Gasteiger partial charge in [-0.25, -0.2) is 0 Å². The molecular weight excluding hydrogens is 985 g/mol. The van der Waals surface area contributed by atoms with Gasteiger partial charge in [0.1, 0.15) is 13.2 Å². The highest BCUT2D eigenvalue weighted by molar-refractivity contribution is 5.71. The van der Waals surface area contributed by atoms with E-state index in [4.69, 9.17) is 14.2 Å². The zero-order valence-electron chi connectivity index (χ0n) is 51.5. The van der Waals surface area contributed by atoms with Crippen LogP contribution in [0.15, 0.2) is 158 Å². The summed E-state index contributed by atoms with van der Waals surface area (Å²) in [5, 5.41) is 0. The number of esters is 3. The third kappa shape index (κ3) is 63.9. The fourth-order valence-corrected chi connectivity index (χ4v) is 8.47. The minimum atomic E-state index is -0.822. The number of carbonyl (C=O) groups excluding carboxylic acids is 3. The molecule has 0 aliphatic heterocycles. The minimum absolute atomic E-state index is 0.112. The van der Waals surface area contributed by atoms with Gasteiger partial charge >= 0.3 is 17.9 Å². The zero-order chi connectivity index (χ0) is 57.8. The quantitative estimate of drug-likeness (QED) is 0.0261. The summed E-state index contributed by atoms with van der Waals surface area (Å²) in [5.74, 6) is -1.02. The van der Waals surface area contributed by atoms with Gasteiger partial charge in [0.15, 0.2) is 6.10 Å². The molecule has 0 heterocycles. The van der Waals surface area contributed by atoms with Crippen molar-refractivity contribution in [2.75, 3.05) is 13.2 Å². The molecule has 0 spiro atoms. The van der Waals surface area contributed by atoms with E-state index >= 15 is 0 Å². The van der Waals surface area contributed by atoms with Gasteiger partial charge in [0.2, 0.25) is 0 Å². The smallest absolute Gasteiger partial charge is 0.306 e. The Labute approximate surface area is 492 Å². The van der Waals surface area contributed by atoms with Gasteiger partial charge in [0.25, 0.3) is 0 Å². The standard InChI is InChI=1S/C74H118O6/c1-4-7-10-13-16-19-22-25-27-29-30-31-32-33-34-35-36-37-38-39-40-41-42-43-44-45-47-49-52-55-58-61-64-67-73(76)79-70-71(69-78-72(75)66-63-60-57-54-51-48-24-21-18-15-12-9-6-3)80-74(77)68-65-62-59-56-53-50-46-28-26-23-20-17-14-11-8-5-2/h7,9-10,12,16,18-21,23,25,27-28,30-31,33-34,36-37,39-40,46,48,51,57,60,71H,4-6,8,11,13-15,17,22,24,26,29,32,35,38,41-45,47,49-50,52-56,58-59,61-70H2,1-3H3/b10-7-,12-9-,19-16-,21-18-,23-20-,27-25-,31-30-,34-33-,37-36-,40-39-,46-28-,51-48-,60-57-. The Bertz CT molecular complexity index is 1790. The van der Waals surface area contributed by atoms with E-state index in [2.05, 4.69) is 173 Å². The van der Waals surface area contributed by atoms with E-state index in [1.54, 1.807) is 0 Å². The number of unbranched alkanes of at least 4 members (excludes halogenated alkanes) is 20. The summed E-state index contributed by atoms with van der Waals surface area (Å²) in [5.41, 5.74) is 0. The topological polar surface area (TPSA) is 78.9 Å². The van der Waals surface area contributed by atoms with E-state index in [9.17, 15) is 14.4 Å². The lowest BCUT2D eigenvalue weighted by Gasteiger charge is -2.18. The molecule has 1 unspecified atom stereocenters. The Morgan fingerprint density at radius 2 is 0.512 bits per heavy atom. The van der Waals surface area contributed by atoms with Crippen molar-refractivity contribution in [2.45, 2.75) is 277 Å². The number of hydrogen-bond donors (Lipinski definition) is 0. The Hall–Kier alpha value is -4.97. The lowest BCUT2D eigenvalue weighted by atomic mass is 10.0. The third-order valence-corrected chi connectivity index (χ3v) is 13.3. The van der Waals surface area contributed by atoms with E-state index in [-0.39, 0.29) is 37.5 Å². The van der Waals surface area contributed by atoms with Crippen LogP contribution in [0.2, 0.25) is 0 Å². The molecule has 0 aromatic carbocycles. The lowest BCUT2D eigenvalue weighted by Crippen LogP contribution is -2.30. The van der Waals surface area contributed by atoms with Crippen LogP contribution in [-0.4, -0.2) is 37.2 Å². The second kappa shape index (κ2) is 66.5. The van der Waals surface area contributed by atoms with Crippen molar-refractivity contribution in [3.8, 4) is 0 Å². The second-order valence-corrected chi connectivity index (χ2v) is 20.9. The number of hydrogen-bond acceptors (Lipinski definition) is 6. The van der Waals surface area contributed by atoms with E-state index < -0.39 is 6.10 Å². The van der Waals surface area contributed by atoms with Crippen molar-refractivity contribution in [2.24, 2.45) is 0 Å². The third-order valence-electron chi connectivity index (χ3n) is 13.3. The molecule has 0 saturated carbocycles. The molecule has 80 heavy (non-hydrogen) atoms. The number of ether oxygens (including phenoxy) is 3. The van der Waals surface area contributed by atoms with Crippen LogP contribution in [0.1, 0.15) is 271 Å². The maximum atomic E-state index is 12.9. The molecule has 0 N–H and O–H groups in total. The van der Waals surface area contributed by atoms with Crippen LogP contribution < -0.4 is 0 Å². The summed E-state index contributed by atoms with van der Waals surface area (Å²) in [4.78, 5) is 38.2. The van der Waals surface area contributed by atoms with Crippen LogP contribution in [0.3, 0.4) is 0 Å². The molecule has 0 rings (SSSR count). The summed E-state index contributed by atoms with van der Waals surface area (Å²) >= 11 is 0. The van der Waals surface area contributed by atoms with Gasteiger partial charge in [-0.3, -0.25) is 14.4 Å². The predicted octanol–water partition coefficient (Wildman–Crippen LogP) is 22.5. The van der Waals surface area contributed by atoms with Crippen LogP contribution in [0.5, 0.6) is 0 Å². The van der Waals surface area contributed by atoms with Crippen molar-refractivity contribution in [3.05, 3.63) is 158 Å². The minimum Gasteiger partial charge on any atom is -0.462 e. The van der Waals surface area contributed by atoms with Crippen LogP contribution in [0.25, 0.3) is 0 Å². The molecule has 0 amide bonds. The van der Waals surface area contributed by atoms with Crippen LogP contribution in [0, 0.1) is 0 Å². The summed E-state index contributed by atoms with van der Waals surface area (Å²) in [6.45, 7) is 6.31. The van der Waals surface area contributed by atoms with Crippen molar-refractivity contribution in [1.82, 2.24) is 0 Å². The second-order valence-electron chi connectivity index (χ2n) is 20.9. The molecule has 0 aliphatic carbocycles. The Morgan fingerprint density at radius 1 is 0.263 bits per heavy atom. The van der Waals surface area contributed by atoms with Crippen molar-refractivity contribution in [1.29, 1.82) is 0 Å². The number of rotatable bonds is 57. The first-order valence-electron chi connectivity index (χ1n) is 32.5. The number of allylic oxidation sites excluding steroid dienone is 26. The fourth-order valence-electron chi connectivity index (χ4n) is 8.47. The van der Waals surface area contributed by atoms with E-state index in [0.29, 0.717) is 19.3 Å². The average Bonchev–Trinajstić information content (AvgIpc) is 3.46. The van der Waals surface area contributed by atoms with Crippen LogP contribution in [-0.2, 0) is 28.6 Å². The van der Waals surface area contributed by atoms with E-state index in [1.807, 2.05) is 6.08 Å². The SMILES string of the molecule is CC/C=C\C/C=C\C/C=C\C/C=C\C/C=C\C/C=C\C/C=C\CCCCCCCCCCCCCC(=O)OCC(COC(=O)CC/C=C\C/C=C\C/C=C\C/C=C\CC)OC(=O)CCCCCCC/C=C\C/C=C\CCCCCC. The van der Waals surface area contributed by atoms with Crippen molar-refractivity contribution in [3.63, 3.8) is 0 Å². The van der Waals surface area contributed by atoms with E-state index in [1.165, 1.54) is 89.9 Å². The van der Waals surface area contributed by atoms with Gasteiger partial charge in [-0.2, -0.15) is 0 Å². The van der Waals surface area contributed by atoms with E-state index in [0.717, 1.165) is 135 Å². The van der Waals surface area contributed by atoms with Gasteiger partial charge in [0.05, 0.1) is 0 Å². The Balaban J connectivity index is 4.30. The summed E-state index contributed by atoms with van der Waals surface area (Å²) in [6.07, 6.45) is 97.0. The molecule has 6 heteroatoms. The predicted molar refractivity (Wildman–Crippen MR) is 348 cm³/mol. The molecule has 0 saturated heterocycles. The highest BCUT2D eigenvalue weighted by Gasteiger charge is 2.19. The monoisotopic (exact) mass is 1100 g/mol.